The number of ketones is 1. The largest absolute Gasteiger partial charge is 0.297 e. The molecule has 8 heteroatoms. The summed E-state index contributed by atoms with van der Waals surface area (Å²) < 4.78 is 0. The molecular weight excluding hydrogens is 438 g/mol. The SMILES string of the molecule is CC(=O)c1cnc2sc(C(=O)Nc3ncc(Cc4cccc(C)c4Cl)s3)c(C)c2c1. The molecule has 0 fully saturated rings. The standard InChI is InChI=1S/C22H18ClN3O2S2/c1-11-5-4-6-14(18(11)23)7-16-10-25-22(29-16)26-20(28)19-12(2)17-8-15(13(3)27)9-24-21(17)30-19/h4-6,8-10H,7H2,1-3H3,(H,25,26,28). The van der Waals surface area contributed by atoms with Gasteiger partial charge in [-0.15, -0.1) is 22.7 Å². The second-order valence-electron chi connectivity index (χ2n) is 7.00. The van der Waals surface area contributed by atoms with E-state index in [9.17, 15) is 9.59 Å². The van der Waals surface area contributed by atoms with Gasteiger partial charge in [-0.3, -0.25) is 14.9 Å². The number of hydrogen-bond acceptors (Lipinski definition) is 6. The Morgan fingerprint density at radius 2 is 1.93 bits per heavy atom. The number of thiophene rings is 1. The van der Waals surface area contributed by atoms with Crippen molar-refractivity contribution in [3.63, 3.8) is 0 Å². The highest BCUT2D eigenvalue weighted by Gasteiger charge is 2.18. The van der Waals surface area contributed by atoms with E-state index in [1.54, 1.807) is 18.5 Å². The Morgan fingerprint density at radius 3 is 2.70 bits per heavy atom. The summed E-state index contributed by atoms with van der Waals surface area (Å²) in [5.41, 5.74) is 3.42. The number of halogens is 1. The smallest absolute Gasteiger partial charge is 0.267 e. The highest BCUT2D eigenvalue weighted by Crippen LogP contribution is 2.32. The van der Waals surface area contributed by atoms with Crippen molar-refractivity contribution in [2.45, 2.75) is 27.2 Å². The van der Waals surface area contributed by atoms with Crippen molar-refractivity contribution in [1.82, 2.24) is 9.97 Å². The third-order valence-corrected chi connectivity index (χ3v) is 7.49. The number of rotatable bonds is 5. The molecule has 0 saturated carbocycles. The van der Waals surface area contributed by atoms with E-state index in [2.05, 4.69) is 15.3 Å². The van der Waals surface area contributed by atoms with Crippen LogP contribution in [-0.2, 0) is 6.42 Å². The van der Waals surface area contributed by atoms with E-state index in [1.807, 2.05) is 32.0 Å². The number of nitrogens with zero attached hydrogens (tertiary/aromatic N) is 2. The van der Waals surface area contributed by atoms with Gasteiger partial charge in [0.25, 0.3) is 5.91 Å². The summed E-state index contributed by atoms with van der Waals surface area (Å²) >= 11 is 9.13. The minimum atomic E-state index is -0.227. The lowest BCUT2D eigenvalue weighted by molar-refractivity contribution is 0.101. The number of fused-ring (bicyclic) bond motifs is 1. The van der Waals surface area contributed by atoms with Gasteiger partial charge >= 0.3 is 0 Å². The van der Waals surface area contributed by atoms with Crippen molar-refractivity contribution < 1.29 is 9.59 Å². The van der Waals surface area contributed by atoms with E-state index in [0.29, 0.717) is 22.0 Å². The molecule has 1 N–H and O–H groups in total. The van der Waals surface area contributed by atoms with Crippen LogP contribution in [0.5, 0.6) is 0 Å². The topological polar surface area (TPSA) is 72.0 Å². The number of carbonyl (C=O) groups is 2. The zero-order chi connectivity index (χ0) is 21.4. The maximum Gasteiger partial charge on any atom is 0.267 e. The third kappa shape index (κ3) is 4.01. The van der Waals surface area contributed by atoms with E-state index in [1.165, 1.54) is 29.6 Å². The van der Waals surface area contributed by atoms with Gasteiger partial charge in [0.1, 0.15) is 4.83 Å². The maximum atomic E-state index is 12.8. The number of pyridine rings is 1. The minimum Gasteiger partial charge on any atom is -0.297 e. The first-order valence-electron chi connectivity index (χ1n) is 9.23. The van der Waals surface area contributed by atoms with Gasteiger partial charge in [0.15, 0.2) is 10.9 Å². The lowest BCUT2D eigenvalue weighted by atomic mass is 10.1. The van der Waals surface area contributed by atoms with Crippen LogP contribution in [0, 0.1) is 13.8 Å². The predicted octanol–water partition coefficient (Wildman–Crippen LogP) is 6.07. The van der Waals surface area contributed by atoms with E-state index in [4.69, 9.17) is 11.6 Å². The van der Waals surface area contributed by atoms with Crippen molar-refractivity contribution in [3.05, 3.63) is 73.7 Å². The molecule has 0 saturated heterocycles. The molecule has 0 aliphatic carbocycles. The monoisotopic (exact) mass is 455 g/mol. The van der Waals surface area contributed by atoms with Crippen molar-refractivity contribution in [3.8, 4) is 0 Å². The Bertz CT molecular complexity index is 1290. The summed E-state index contributed by atoms with van der Waals surface area (Å²) in [6, 6.07) is 7.75. The molecule has 0 atom stereocenters. The molecule has 0 unspecified atom stereocenters. The molecule has 0 radical (unpaired) electrons. The molecule has 152 valence electrons. The van der Waals surface area contributed by atoms with Crippen LogP contribution < -0.4 is 5.32 Å². The quantitative estimate of drug-likeness (QED) is 0.371. The van der Waals surface area contributed by atoms with Crippen LogP contribution in [0.25, 0.3) is 10.2 Å². The third-order valence-electron chi connectivity index (χ3n) is 4.82. The van der Waals surface area contributed by atoms with Crippen LogP contribution in [0.1, 0.15) is 48.5 Å². The molecule has 1 aromatic carbocycles. The summed E-state index contributed by atoms with van der Waals surface area (Å²) in [4.78, 5) is 35.4. The van der Waals surface area contributed by atoms with E-state index in [0.717, 1.165) is 36.8 Å². The molecule has 3 heterocycles. The zero-order valence-corrected chi connectivity index (χ0v) is 19.0. The summed E-state index contributed by atoms with van der Waals surface area (Å²) in [6.07, 6.45) is 3.97. The zero-order valence-electron chi connectivity index (χ0n) is 16.6. The number of aryl methyl sites for hydroxylation is 2. The molecule has 1 amide bonds. The van der Waals surface area contributed by atoms with Gasteiger partial charge in [0.2, 0.25) is 0 Å². The van der Waals surface area contributed by atoms with Gasteiger partial charge in [-0.1, -0.05) is 29.8 Å². The molecule has 5 nitrogen and oxygen atoms in total. The molecule has 0 aliphatic heterocycles. The Balaban J connectivity index is 1.54. The van der Waals surface area contributed by atoms with Crippen LogP contribution in [0.3, 0.4) is 0 Å². The Kier molecular flexibility index (Phi) is 5.69. The number of aromatic nitrogens is 2. The fraction of sp³-hybridized carbons (Fsp3) is 0.182. The molecule has 0 aliphatic rings. The fourth-order valence-electron chi connectivity index (χ4n) is 3.14. The molecule has 4 rings (SSSR count). The Hall–Kier alpha value is -2.61. The summed E-state index contributed by atoms with van der Waals surface area (Å²) in [5.74, 6) is -0.278. The Morgan fingerprint density at radius 1 is 1.13 bits per heavy atom. The van der Waals surface area contributed by atoms with Gasteiger partial charge in [-0.25, -0.2) is 9.97 Å². The summed E-state index contributed by atoms with van der Waals surface area (Å²) in [7, 11) is 0. The van der Waals surface area contributed by atoms with Gasteiger partial charge < -0.3 is 0 Å². The number of carbonyl (C=O) groups excluding carboxylic acids is 2. The van der Waals surface area contributed by atoms with Crippen LogP contribution in [0.15, 0.2) is 36.7 Å². The number of anilines is 1. The van der Waals surface area contributed by atoms with Crippen molar-refractivity contribution in [2.24, 2.45) is 0 Å². The molecule has 0 spiro atoms. The highest BCUT2D eigenvalue weighted by atomic mass is 35.5. The number of hydrogen-bond donors (Lipinski definition) is 1. The van der Waals surface area contributed by atoms with Gasteiger partial charge in [0.05, 0.1) is 4.88 Å². The van der Waals surface area contributed by atoms with E-state index >= 15 is 0 Å². The minimum absolute atomic E-state index is 0.0509. The molecular formula is C22H18ClN3O2S2. The number of amides is 1. The number of benzene rings is 1. The normalized spacial score (nSPS) is 11.1. The predicted molar refractivity (Wildman–Crippen MR) is 123 cm³/mol. The summed E-state index contributed by atoms with van der Waals surface area (Å²) in [5, 5.41) is 5.00. The fourth-order valence-corrected chi connectivity index (χ4v) is 5.19. The maximum absolute atomic E-state index is 12.8. The van der Waals surface area contributed by atoms with Crippen LogP contribution >= 0.6 is 34.3 Å². The van der Waals surface area contributed by atoms with Crippen LogP contribution in [-0.4, -0.2) is 21.7 Å². The average Bonchev–Trinajstić information content (AvgIpc) is 3.29. The number of thiazole rings is 1. The highest BCUT2D eigenvalue weighted by molar-refractivity contribution is 7.21. The molecule has 30 heavy (non-hydrogen) atoms. The van der Waals surface area contributed by atoms with E-state index in [-0.39, 0.29) is 11.7 Å². The first-order valence-corrected chi connectivity index (χ1v) is 11.2. The average molecular weight is 456 g/mol. The van der Waals surface area contributed by atoms with E-state index < -0.39 is 0 Å². The van der Waals surface area contributed by atoms with Crippen LogP contribution in [0.2, 0.25) is 5.02 Å². The first kappa shape index (κ1) is 20.7. The van der Waals surface area contributed by atoms with Gasteiger partial charge in [-0.05, 0) is 43.5 Å². The molecule has 4 aromatic rings. The van der Waals surface area contributed by atoms with Crippen molar-refractivity contribution in [2.75, 3.05) is 5.32 Å². The molecule has 0 bridgehead atoms. The summed E-state index contributed by atoms with van der Waals surface area (Å²) in [6.45, 7) is 5.35. The Labute approximate surface area is 186 Å². The van der Waals surface area contributed by atoms with Gasteiger partial charge in [-0.2, -0.15) is 0 Å². The lowest BCUT2D eigenvalue weighted by Gasteiger charge is -2.04. The first-order chi connectivity index (χ1) is 14.3. The number of nitrogens with one attached hydrogen (secondary N) is 1. The van der Waals surface area contributed by atoms with Gasteiger partial charge in [0, 0.05) is 39.7 Å². The second-order valence-corrected chi connectivity index (χ2v) is 9.49. The molecule has 3 aromatic heterocycles. The van der Waals surface area contributed by atoms with Crippen LogP contribution in [0.4, 0.5) is 5.13 Å². The number of Topliss-reactive ketones (excluding diaryl/α,β-unsaturated/α-hetero) is 1. The van der Waals surface area contributed by atoms with Crippen molar-refractivity contribution >= 4 is 61.3 Å². The van der Waals surface area contributed by atoms with Crippen molar-refractivity contribution in [1.29, 1.82) is 0 Å². The lowest BCUT2D eigenvalue weighted by Crippen LogP contribution is -2.10. The second kappa shape index (κ2) is 8.26.